The van der Waals surface area contributed by atoms with Gasteiger partial charge in [-0.3, -0.25) is 0 Å². The van der Waals surface area contributed by atoms with E-state index in [0.717, 1.165) is 28.1 Å². The molecule has 6 heteroatoms. The average molecular weight is 226 g/mol. The van der Waals surface area contributed by atoms with E-state index in [1.54, 1.807) is 6.20 Å². The van der Waals surface area contributed by atoms with Crippen molar-refractivity contribution >= 4 is 17.2 Å². The molecule has 3 rings (SSSR count). The molecule has 0 radical (unpaired) electrons. The minimum absolute atomic E-state index is 0.747. The van der Waals surface area contributed by atoms with Gasteiger partial charge in [-0.25, -0.2) is 9.97 Å². The van der Waals surface area contributed by atoms with Gasteiger partial charge in [-0.05, 0) is 13.0 Å². The minimum Gasteiger partial charge on any atom is -0.346 e. The van der Waals surface area contributed by atoms with E-state index in [0.29, 0.717) is 0 Å². The number of rotatable bonds is 2. The molecule has 0 unspecified atom stereocenters. The van der Waals surface area contributed by atoms with Crippen LogP contribution in [0.2, 0.25) is 0 Å². The summed E-state index contributed by atoms with van der Waals surface area (Å²) in [5.41, 5.74) is 3.13. The largest absolute Gasteiger partial charge is 0.346 e. The fourth-order valence-corrected chi connectivity index (χ4v) is 1.76. The van der Waals surface area contributed by atoms with Crippen molar-refractivity contribution in [3.63, 3.8) is 0 Å². The van der Waals surface area contributed by atoms with Gasteiger partial charge >= 0.3 is 0 Å². The van der Waals surface area contributed by atoms with E-state index < -0.39 is 0 Å². The fourth-order valence-electron chi connectivity index (χ4n) is 1.76. The lowest BCUT2D eigenvalue weighted by atomic mass is 10.2. The number of H-pyrrole nitrogens is 1. The number of hydrogen-bond donors (Lipinski definition) is 1. The molecule has 0 spiro atoms. The first-order chi connectivity index (χ1) is 8.29. The minimum atomic E-state index is 0.747. The molecule has 0 bridgehead atoms. The predicted molar refractivity (Wildman–Crippen MR) is 64.0 cm³/mol. The Kier molecular flexibility index (Phi) is 2.01. The van der Waals surface area contributed by atoms with E-state index in [2.05, 4.69) is 31.7 Å². The Hall–Kier alpha value is -2.50. The first-order valence-electron chi connectivity index (χ1n) is 5.14. The maximum Gasteiger partial charge on any atom is 0.141 e. The molecule has 0 fully saturated rings. The van der Waals surface area contributed by atoms with Gasteiger partial charge in [0.05, 0.1) is 5.69 Å². The number of fused-ring (bicyclic) bond motifs is 1. The van der Waals surface area contributed by atoms with Crippen molar-refractivity contribution in [3.8, 4) is 11.4 Å². The number of nitrogens with one attached hydrogen (secondary N) is 1. The van der Waals surface area contributed by atoms with E-state index in [9.17, 15) is 0 Å². The molecule has 0 aliphatic rings. The number of aryl methyl sites for hydroxylation is 1. The molecule has 0 aromatic carbocycles. The van der Waals surface area contributed by atoms with Gasteiger partial charge in [-0.1, -0.05) is 6.58 Å². The zero-order valence-electron chi connectivity index (χ0n) is 9.25. The Morgan fingerprint density at radius 1 is 1.29 bits per heavy atom. The van der Waals surface area contributed by atoms with Gasteiger partial charge in [-0.2, -0.15) is 9.90 Å². The Morgan fingerprint density at radius 3 is 2.94 bits per heavy atom. The van der Waals surface area contributed by atoms with Crippen LogP contribution in [-0.4, -0.2) is 29.9 Å². The van der Waals surface area contributed by atoms with Gasteiger partial charge in [0.1, 0.15) is 23.4 Å². The van der Waals surface area contributed by atoms with Gasteiger partial charge < -0.3 is 4.98 Å². The molecule has 0 saturated carbocycles. The Labute approximate surface area is 97.0 Å². The lowest BCUT2D eigenvalue weighted by molar-refractivity contribution is 0.791. The first kappa shape index (κ1) is 9.71. The fraction of sp³-hybridized carbons (Fsp3) is 0.0909. The summed E-state index contributed by atoms with van der Waals surface area (Å²) >= 11 is 0. The van der Waals surface area contributed by atoms with Gasteiger partial charge in [0, 0.05) is 17.8 Å². The summed E-state index contributed by atoms with van der Waals surface area (Å²) < 4.78 is 0. The zero-order valence-corrected chi connectivity index (χ0v) is 9.25. The first-order valence-corrected chi connectivity index (χ1v) is 5.14. The normalized spacial score (nSPS) is 10.9. The summed E-state index contributed by atoms with van der Waals surface area (Å²) in [5.74, 6) is 0. The van der Waals surface area contributed by atoms with Crippen LogP contribution in [0.25, 0.3) is 28.6 Å². The van der Waals surface area contributed by atoms with Crippen LogP contribution in [0.15, 0.2) is 25.2 Å². The van der Waals surface area contributed by atoms with Gasteiger partial charge in [0.25, 0.3) is 0 Å². The predicted octanol–water partition coefficient (Wildman–Crippen LogP) is 1.63. The maximum atomic E-state index is 4.31. The standard InChI is InChI=1S/C11H10N6/c1-3-17-15-7(2)9(16-17)10-8-4-5-12-11(8)14-6-13-10/h3-6H,1H2,2H3,(H,12,13,14). The van der Waals surface area contributed by atoms with Crippen LogP contribution in [0.1, 0.15) is 5.69 Å². The highest BCUT2D eigenvalue weighted by molar-refractivity contribution is 5.89. The second-order valence-corrected chi connectivity index (χ2v) is 3.60. The summed E-state index contributed by atoms with van der Waals surface area (Å²) in [6.45, 7) is 5.52. The molecule has 6 nitrogen and oxygen atoms in total. The molecular weight excluding hydrogens is 216 g/mol. The summed E-state index contributed by atoms with van der Waals surface area (Å²) in [6.07, 6.45) is 4.89. The molecule has 17 heavy (non-hydrogen) atoms. The van der Waals surface area contributed by atoms with Crippen LogP contribution in [0.3, 0.4) is 0 Å². The van der Waals surface area contributed by atoms with Crippen LogP contribution in [0, 0.1) is 6.92 Å². The molecule has 0 atom stereocenters. The molecule has 1 N–H and O–H groups in total. The van der Waals surface area contributed by atoms with E-state index in [1.807, 2.05) is 19.2 Å². The van der Waals surface area contributed by atoms with Crippen LogP contribution in [0.4, 0.5) is 0 Å². The number of hydrogen-bond acceptors (Lipinski definition) is 4. The lowest BCUT2D eigenvalue weighted by Gasteiger charge is -1.97. The van der Waals surface area contributed by atoms with Crippen LogP contribution >= 0.6 is 0 Å². The SMILES string of the molecule is C=Cn1nc(C)c(-c2ncnc3[nH]ccc23)n1. The summed E-state index contributed by atoms with van der Waals surface area (Å²) in [7, 11) is 0. The molecular formula is C11H10N6. The third-order valence-electron chi connectivity index (χ3n) is 2.54. The number of aromatic nitrogens is 6. The summed E-state index contributed by atoms with van der Waals surface area (Å²) in [5, 5.41) is 9.46. The van der Waals surface area contributed by atoms with Crippen molar-refractivity contribution < 1.29 is 0 Å². The monoisotopic (exact) mass is 226 g/mol. The smallest absolute Gasteiger partial charge is 0.141 e. The summed E-state index contributed by atoms with van der Waals surface area (Å²) in [6, 6.07) is 1.93. The third kappa shape index (κ3) is 1.42. The van der Waals surface area contributed by atoms with Gasteiger partial charge in [-0.15, -0.1) is 5.10 Å². The highest BCUT2D eigenvalue weighted by Gasteiger charge is 2.13. The van der Waals surface area contributed by atoms with Crippen molar-refractivity contribution in [3.05, 3.63) is 30.9 Å². The second-order valence-electron chi connectivity index (χ2n) is 3.60. The topological polar surface area (TPSA) is 72.3 Å². The molecule has 3 aromatic rings. The quantitative estimate of drug-likeness (QED) is 0.720. The van der Waals surface area contributed by atoms with Crippen molar-refractivity contribution in [1.82, 2.24) is 29.9 Å². The Bertz CT molecular complexity index is 693. The Morgan fingerprint density at radius 2 is 2.18 bits per heavy atom. The zero-order chi connectivity index (χ0) is 11.8. The van der Waals surface area contributed by atoms with Gasteiger partial charge in [0.2, 0.25) is 0 Å². The maximum absolute atomic E-state index is 4.31. The molecule has 0 aliphatic carbocycles. The average Bonchev–Trinajstić information content (AvgIpc) is 2.94. The molecule has 3 aromatic heterocycles. The highest BCUT2D eigenvalue weighted by atomic mass is 15.5. The van der Waals surface area contributed by atoms with Crippen LogP contribution in [-0.2, 0) is 0 Å². The van der Waals surface area contributed by atoms with E-state index in [-0.39, 0.29) is 0 Å². The van der Waals surface area contributed by atoms with Gasteiger partial charge in [0.15, 0.2) is 0 Å². The molecule has 0 saturated heterocycles. The van der Waals surface area contributed by atoms with Crippen molar-refractivity contribution in [1.29, 1.82) is 0 Å². The molecule has 0 amide bonds. The van der Waals surface area contributed by atoms with Crippen LogP contribution < -0.4 is 0 Å². The highest BCUT2D eigenvalue weighted by Crippen LogP contribution is 2.24. The molecule has 3 heterocycles. The van der Waals surface area contributed by atoms with Crippen molar-refractivity contribution in [2.75, 3.05) is 0 Å². The molecule has 84 valence electrons. The molecule has 0 aliphatic heterocycles. The van der Waals surface area contributed by atoms with Crippen LogP contribution in [0.5, 0.6) is 0 Å². The summed E-state index contributed by atoms with van der Waals surface area (Å²) in [4.78, 5) is 12.9. The van der Waals surface area contributed by atoms with Crippen molar-refractivity contribution in [2.24, 2.45) is 0 Å². The van der Waals surface area contributed by atoms with Crippen molar-refractivity contribution in [2.45, 2.75) is 6.92 Å². The second kappa shape index (κ2) is 3.51. The lowest BCUT2D eigenvalue weighted by Crippen LogP contribution is -1.91. The van der Waals surface area contributed by atoms with E-state index in [1.165, 1.54) is 11.1 Å². The number of aromatic amines is 1. The Balaban J connectivity index is 2.29. The third-order valence-corrected chi connectivity index (χ3v) is 2.54. The number of nitrogens with zero attached hydrogens (tertiary/aromatic N) is 5. The van der Waals surface area contributed by atoms with E-state index >= 15 is 0 Å². The van der Waals surface area contributed by atoms with E-state index in [4.69, 9.17) is 0 Å².